The van der Waals surface area contributed by atoms with Gasteiger partial charge in [0.15, 0.2) is 12.3 Å². The van der Waals surface area contributed by atoms with Crippen LogP contribution in [0.2, 0.25) is 0 Å². The maximum atomic E-state index is 13.2. The van der Waals surface area contributed by atoms with Gasteiger partial charge in [0, 0.05) is 29.8 Å². The maximum absolute atomic E-state index is 13.2. The number of nitro groups is 1. The molecule has 1 heterocycles. The first-order valence-electron chi connectivity index (χ1n) is 8.02. The van der Waals surface area contributed by atoms with Crippen molar-refractivity contribution in [2.75, 3.05) is 6.61 Å². The second-order valence-electron chi connectivity index (χ2n) is 6.08. The summed E-state index contributed by atoms with van der Waals surface area (Å²) in [5, 5.41) is 26.6. The van der Waals surface area contributed by atoms with Crippen LogP contribution in [-0.2, 0) is 10.5 Å². The van der Waals surface area contributed by atoms with E-state index in [0.717, 1.165) is 5.01 Å². The van der Waals surface area contributed by atoms with Crippen LogP contribution < -0.4 is 4.74 Å². The Morgan fingerprint density at radius 3 is 2.52 bits per heavy atom. The Morgan fingerprint density at radius 1 is 1.30 bits per heavy atom. The molecule has 2 aromatic carbocycles. The second-order valence-corrected chi connectivity index (χ2v) is 6.08. The highest BCUT2D eigenvalue weighted by Crippen LogP contribution is 2.35. The van der Waals surface area contributed by atoms with Crippen LogP contribution in [0.1, 0.15) is 18.9 Å². The van der Waals surface area contributed by atoms with E-state index in [2.05, 4.69) is 5.10 Å². The van der Waals surface area contributed by atoms with Crippen LogP contribution in [0.4, 0.5) is 10.1 Å². The molecular formula is C18H16FN3O5. The lowest BCUT2D eigenvalue weighted by Crippen LogP contribution is -2.45. The van der Waals surface area contributed by atoms with Gasteiger partial charge in [0.1, 0.15) is 11.6 Å². The smallest absolute Gasteiger partial charge is 0.283 e. The molecule has 0 radical (unpaired) electrons. The van der Waals surface area contributed by atoms with Gasteiger partial charge in [-0.25, -0.2) is 4.39 Å². The first kappa shape index (κ1) is 18.5. The molecule has 0 aromatic heterocycles. The number of carbonyl (C=O) groups is 1. The molecule has 27 heavy (non-hydrogen) atoms. The number of halogens is 1. The zero-order chi connectivity index (χ0) is 19.6. The van der Waals surface area contributed by atoms with E-state index in [1.165, 1.54) is 48.5 Å². The van der Waals surface area contributed by atoms with Gasteiger partial charge in [-0.15, -0.1) is 0 Å². The number of hydrogen-bond acceptors (Lipinski definition) is 6. The Balaban J connectivity index is 1.73. The molecule has 0 spiro atoms. The van der Waals surface area contributed by atoms with Crippen molar-refractivity contribution in [3.63, 3.8) is 0 Å². The normalized spacial score (nSPS) is 18.9. The number of nitro benzene ring substituents is 1. The predicted octanol–water partition coefficient (Wildman–Crippen LogP) is 2.57. The predicted molar refractivity (Wildman–Crippen MR) is 93.5 cm³/mol. The molecule has 8 nitrogen and oxygen atoms in total. The third-order valence-electron chi connectivity index (χ3n) is 4.08. The highest BCUT2D eigenvalue weighted by molar-refractivity contribution is 5.89. The van der Waals surface area contributed by atoms with Crippen molar-refractivity contribution in [1.29, 1.82) is 0 Å². The summed E-state index contributed by atoms with van der Waals surface area (Å²) in [7, 11) is 0. The summed E-state index contributed by atoms with van der Waals surface area (Å²) in [6.45, 7) is 1.23. The highest BCUT2D eigenvalue weighted by atomic mass is 19.1. The highest BCUT2D eigenvalue weighted by Gasteiger charge is 2.44. The lowest BCUT2D eigenvalue weighted by molar-refractivity contribution is -0.384. The topological polar surface area (TPSA) is 105 Å². The standard InChI is InChI=1S/C18H16FN3O5/c1-12-10-18(24,13-2-4-14(19)5-3-13)21(20-12)17(23)11-27-16-8-6-15(7-9-16)22(25)26/h2-9,24H,10-11H2,1H3/t18-/m0/s1. The maximum Gasteiger partial charge on any atom is 0.283 e. The molecule has 1 aliphatic rings. The van der Waals surface area contributed by atoms with Gasteiger partial charge >= 0.3 is 0 Å². The third-order valence-corrected chi connectivity index (χ3v) is 4.08. The van der Waals surface area contributed by atoms with E-state index in [1.54, 1.807) is 6.92 Å². The first-order chi connectivity index (χ1) is 12.8. The van der Waals surface area contributed by atoms with Gasteiger partial charge in [-0.3, -0.25) is 14.9 Å². The summed E-state index contributed by atoms with van der Waals surface area (Å²) in [6.07, 6.45) is 0.0852. The van der Waals surface area contributed by atoms with Crippen molar-refractivity contribution in [2.24, 2.45) is 5.10 Å². The number of benzene rings is 2. The fourth-order valence-electron chi connectivity index (χ4n) is 2.79. The van der Waals surface area contributed by atoms with Gasteiger partial charge in [0.05, 0.1) is 4.92 Å². The number of ether oxygens (including phenoxy) is 1. The number of rotatable bonds is 5. The average molecular weight is 373 g/mol. The second kappa shape index (κ2) is 7.12. The Kier molecular flexibility index (Phi) is 4.87. The van der Waals surface area contributed by atoms with E-state index in [9.17, 15) is 24.4 Å². The lowest BCUT2D eigenvalue weighted by atomic mass is 9.97. The van der Waals surface area contributed by atoms with Crippen molar-refractivity contribution < 1.29 is 24.0 Å². The van der Waals surface area contributed by atoms with Crippen molar-refractivity contribution >= 4 is 17.3 Å². The van der Waals surface area contributed by atoms with E-state index in [-0.39, 0.29) is 17.9 Å². The number of nitrogens with zero attached hydrogens (tertiary/aromatic N) is 3. The summed E-state index contributed by atoms with van der Waals surface area (Å²) in [6, 6.07) is 10.4. The molecule has 9 heteroatoms. The van der Waals surface area contributed by atoms with Crippen LogP contribution in [-0.4, -0.2) is 33.3 Å². The molecule has 0 saturated carbocycles. The van der Waals surface area contributed by atoms with Crippen LogP contribution in [0.25, 0.3) is 0 Å². The summed E-state index contributed by atoms with van der Waals surface area (Å²) < 4.78 is 18.5. The minimum atomic E-state index is -1.73. The molecule has 3 rings (SSSR count). The van der Waals surface area contributed by atoms with E-state index in [0.29, 0.717) is 11.3 Å². The molecule has 140 valence electrons. The minimum Gasteiger partial charge on any atom is -0.484 e. The third kappa shape index (κ3) is 3.77. The van der Waals surface area contributed by atoms with E-state index in [1.807, 2.05) is 0 Å². The zero-order valence-corrected chi connectivity index (χ0v) is 14.3. The number of non-ortho nitro benzene ring substituents is 1. The number of aliphatic hydroxyl groups is 1. The average Bonchev–Trinajstić information content (AvgIpc) is 2.96. The molecule has 0 unspecified atom stereocenters. The molecule has 2 aromatic rings. The van der Waals surface area contributed by atoms with Crippen LogP contribution in [0.15, 0.2) is 53.6 Å². The van der Waals surface area contributed by atoms with E-state index in [4.69, 9.17) is 4.74 Å². The van der Waals surface area contributed by atoms with Gasteiger partial charge < -0.3 is 9.84 Å². The van der Waals surface area contributed by atoms with Crippen LogP contribution >= 0.6 is 0 Å². The number of amides is 1. The number of hydrogen-bond donors (Lipinski definition) is 1. The van der Waals surface area contributed by atoms with Gasteiger partial charge in [-0.2, -0.15) is 10.1 Å². The van der Waals surface area contributed by atoms with Crippen molar-refractivity contribution in [2.45, 2.75) is 19.1 Å². The lowest BCUT2D eigenvalue weighted by Gasteiger charge is -2.31. The Labute approximate surface area is 153 Å². The fourth-order valence-corrected chi connectivity index (χ4v) is 2.79. The van der Waals surface area contributed by atoms with Gasteiger partial charge in [0.2, 0.25) is 0 Å². The van der Waals surface area contributed by atoms with Crippen molar-refractivity contribution in [3.8, 4) is 5.75 Å². The zero-order valence-electron chi connectivity index (χ0n) is 14.3. The van der Waals surface area contributed by atoms with Crippen LogP contribution in [0, 0.1) is 15.9 Å². The molecule has 0 aliphatic carbocycles. The van der Waals surface area contributed by atoms with Crippen molar-refractivity contribution in [1.82, 2.24) is 5.01 Å². The summed E-state index contributed by atoms with van der Waals surface area (Å²) in [4.78, 5) is 22.7. The molecular weight excluding hydrogens is 357 g/mol. The van der Waals surface area contributed by atoms with Crippen molar-refractivity contribution in [3.05, 3.63) is 70.0 Å². The fraction of sp³-hybridized carbons (Fsp3) is 0.222. The minimum absolute atomic E-state index is 0.0852. The molecule has 0 bridgehead atoms. The summed E-state index contributed by atoms with van der Waals surface area (Å²) >= 11 is 0. The molecule has 1 atom stereocenters. The van der Waals surface area contributed by atoms with Gasteiger partial charge in [-0.1, -0.05) is 12.1 Å². The van der Waals surface area contributed by atoms with Gasteiger partial charge in [0.25, 0.3) is 11.6 Å². The summed E-state index contributed by atoms with van der Waals surface area (Å²) in [5.41, 5.74) is -0.967. The van der Waals surface area contributed by atoms with Gasteiger partial charge in [-0.05, 0) is 31.2 Å². The van der Waals surface area contributed by atoms with Crippen LogP contribution in [0.3, 0.4) is 0 Å². The quantitative estimate of drug-likeness (QED) is 0.641. The molecule has 1 N–H and O–H groups in total. The largest absolute Gasteiger partial charge is 0.484 e. The Morgan fingerprint density at radius 2 is 1.93 bits per heavy atom. The number of hydrazone groups is 1. The molecule has 0 saturated heterocycles. The molecule has 0 fully saturated rings. The Hall–Kier alpha value is -3.33. The molecule has 1 aliphatic heterocycles. The van der Waals surface area contributed by atoms with Crippen LogP contribution in [0.5, 0.6) is 5.75 Å². The number of carbonyl (C=O) groups excluding carboxylic acids is 1. The van der Waals surface area contributed by atoms with E-state index < -0.39 is 29.0 Å². The Bertz CT molecular complexity index is 898. The monoisotopic (exact) mass is 373 g/mol. The summed E-state index contributed by atoms with van der Waals surface area (Å²) in [5.74, 6) is -0.812. The first-order valence-corrected chi connectivity index (χ1v) is 8.02. The molecule has 1 amide bonds. The van der Waals surface area contributed by atoms with E-state index >= 15 is 0 Å². The SMILES string of the molecule is CC1=NN(C(=O)COc2ccc([N+](=O)[O-])cc2)[C@@](O)(c2ccc(F)cc2)C1.